The molecule has 0 unspecified atom stereocenters. The van der Waals surface area contributed by atoms with Crippen LogP contribution in [-0.4, -0.2) is 17.6 Å². The minimum absolute atomic E-state index is 0.221. The van der Waals surface area contributed by atoms with Gasteiger partial charge in [-0.1, -0.05) is 25.0 Å². The predicted octanol–water partition coefficient (Wildman–Crippen LogP) is 2.25. The summed E-state index contributed by atoms with van der Waals surface area (Å²) in [6.07, 6.45) is 3.20. The number of nitrogens with two attached hydrogens (primary N) is 1. The standard InChI is InChI=1S/C15H18N2O2/c16-9-11-4-3-5-12(8-11)13(10-17)15(14(18)19)6-1-2-7-15/h3-5,8,13H,1-2,6-7,10,17H2,(H,18,19)/t13-/m0/s1. The van der Waals surface area contributed by atoms with Gasteiger partial charge in [0.1, 0.15) is 0 Å². The average molecular weight is 258 g/mol. The largest absolute Gasteiger partial charge is 0.481 e. The first-order valence-corrected chi connectivity index (χ1v) is 6.57. The van der Waals surface area contributed by atoms with Crippen molar-refractivity contribution in [1.82, 2.24) is 0 Å². The van der Waals surface area contributed by atoms with Crippen molar-refractivity contribution in [1.29, 1.82) is 5.26 Å². The van der Waals surface area contributed by atoms with Crippen molar-refractivity contribution in [2.24, 2.45) is 11.1 Å². The molecule has 1 aliphatic rings. The molecule has 2 rings (SSSR count). The first kappa shape index (κ1) is 13.6. The molecule has 0 spiro atoms. The number of hydrogen-bond donors (Lipinski definition) is 2. The highest BCUT2D eigenvalue weighted by molar-refractivity contribution is 5.76. The molecule has 1 aliphatic carbocycles. The maximum Gasteiger partial charge on any atom is 0.310 e. The molecule has 1 aromatic carbocycles. The highest BCUT2D eigenvalue weighted by atomic mass is 16.4. The van der Waals surface area contributed by atoms with Gasteiger partial charge >= 0.3 is 5.97 Å². The fourth-order valence-corrected chi connectivity index (χ4v) is 3.22. The van der Waals surface area contributed by atoms with Gasteiger partial charge in [0.15, 0.2) is 0 Å². The number of nitriles is 1. The zero-order chi connectivity index (χ0) is 13.9. The summed E-state index contributed by atoms with van der Waals surface area (Å²) >= 11 is 0. The van der Waals surface area contributed by atoms with Gasteiger partial charge in [-0.15, -0.1) is 0 Å². The summed E-state index contributed by atoms with van der Waals surface area (Å²) in [4.78, 5) is 11.7. The monoisotopic (exact) mass is 258 g/mol. The van der Waals surface area contributed by atoms with E-state index in [1.165, 1.54) is 0 Å². The summed E-state index contributed by atoms with van der Waals surface area (Å²) in [7, 11) is 0. The van der Waals surface area contributed by atoms with Crippen LogP contribution in [0.5, 0.6) is 0 Å². The smallest absolute Gasteiger partial charge is 0.310 e. The molecule has 3 N–H and O–H groups in total. The van der Waals surface area contributed by atoms with Crippen LogP contribution in [0.3, 0.4) is 0 Å². The van der Waals surface area contributed by atoms with Gasteiger partial charge in [0, 0.05) is 12.5 Å². The SMILES string of the molecule is N#Cc1cccc([C@H](CN)C2(C(=O)O)CCCC2)c1. The number of carboxylic acids is 1. The van der Waals surface area contributed by atoms with Crippen LogP contribution >= 0.6 is 0 Å². The number of rotatable bonds is 4. The highest BCUT2D eigenvalue weighted by Crippen LogP contribution is 2.48. The second-order valence-electron chi connectivity index (χ2n) is 5.19. The van der Waals surface area contributed by atoms with Gasteiger partial charge < -0.3 is 10.8 Å². The number of nitrogens with zero attached hydrogens (tertiary/aromatic N) is 1. The van der Waals surface area contributed by atoms with Crippen molar-refractivity contribution in [2.75, 3.05) is 6.54 Å². The molecule has 4 heteroatoms. The average Bonchev–Trinajstić information content (AvgIpc) is 2.90. The van der Waals surface area contributed by atoms with Gasteiger partial charge in [-0.05, 0) is 30.5 Å². The molecule has 0 saturated heterocycles. The zero-order valence-electron chi connectivity index (χ0n) is 10.8. The van der Waals surface area contributed by atoms with Crippen LogP contribution in [0.1, 0.15) is 42.7 Å². The summed E-state index contributed by atoms with van der Waals surface area (Å²) < 4.78 is 0. The Labute approximate surface area is 112 Å². The first-order valence-electron chi connectivity index (χ1n) is 6.57. The van der Waals surface area contributed by atoms with Crippen molar-refractivity contribution in [3.63, 3.8) is 0 Å². The molecule has 1 saturated carbocycles. The molecule has 0 radical (unpaired) electrons. The van der Waals surface area contributed by atoms with E-state index in [9.17, 15) is 9.90 Å². The number of benzene rings is 1. The van der Waals surface area contributed by atoms with Crippen LogP contribution in [0.4, 0.5) is 0 Å². The van der Waals surface area contributed by atoms with Crippen LogP contribution in [0.2, 0.25) is 0 Å². The molecule has 1 fully saturated rings. The topological polar surface area (TPSA) is 87.1 Å². The lowest BCUT2D eigenvalue weighted by Crippen LogP contribution is -2.38. The van der Waals surface area contributed by atoms with Crippen molar-refractivity contribution < 1.29 is 9.90 Å². The fraction of sp³-hybridized carbons (Fsp3) is 0.467. The lowest BCUT2D eigenvalue weighted by Gasteiger charge is -2.33. The molecule has 4 nitrogen and oxygen atoms in total. The Balaban J connectivity index is 2.43. The molecule has 1 aromatic rings. The Kier molecular flexibility index (Phi) is 3.87. The Morgan fingerprint density at radius 3 is 2.68 bits per heavy atom. The maximum atomic E-state index is 11.7. The Morgan fingerprint density at radius 2 is 2.16 bits per heavy atom. The van der Waals surface area contributed by atoms with Crippen molar-refractivity contribution in [2.45, 2.75) is 31.6 Å². The molecule has 0 aromatic heterocycles. The first-order chi connectivity index (χ1) is 9.14. The third-order valence-corrected chi connectivity index (χ3v) is 4.24. The third-order valence-electron chi connectivity index (χ3n) is 4.24. The maximum absolute atomic E-state index is 11.7. The van der Waals surface area contributed by atoms with Crippen LogP contribution < -0.4 is 5.73 Å². The molecule has 19 heavy (non-hydrogen) atoms. The van der Waals surface area contributed by atoms with E-state index in [4.69, 9.17) is 11.0 Å². The second-order valence-corrected chi connectivity index (χ2v) is 5.19. The molecule has 0 bridgehead atoms. The van der Waals surface area contributed by atoms with Gasteiger partial charge in [0.2, 0.25) is 0 Å². The summed E-state index contributed by atoms with van der Waals surface area (Å²) in [5, 5.41) is 18.6. The summed E-state index contributed by atoms with van der Waals surface area (Å²) in [6.45, 7) is 0.293. The molecule has 1 atom stereocenters. The Hall–Kier alpha value is -1.86. The molecule has 0 amide bonds. The molecular weight excluding hydrogens is 240 g/mol. The summed E-state index contributed by atoms with van der Waals surface area (Å²) in [5.41, 5.74) is 6.51. The minimum atomic E-state index is -0.761. The summed E-state index contributed by atoms with van der Waals surface area (Å²) in [6, 6.07) is 9.25. The fourth-order valence-electron chi connectivity index (χ4n) is 3.22. The Morgan fingerprint density at radius 1 is 1.47 bits per heavy atom. The van der Waals surface area contributed by atoms with Crippen LogP contribution in [0, 0.1) is 16.7 Å². The van der Waals surface area contributed by atoms with E-state index in [-0.39, 0.29) is 5.92 Å². The van der Waals surface area contributed by atoms with E-state index in [2.05, 4.69) is 6.07 Å². The summed E-state index contributed by atoms with van der Waals surface area (Å²) in [5.74, 6) is -0.983. The number of aliphatic carboxylic acids is 1. The number of carbonyl (C=O) groups is 1. The van der Waals surface area contributed by atoms with E-state index >= 15 is 0 Å². The van der Waals surface area contributed by atoms with Gasteiger partial charge in [-0.25, -0.2) is 0 Å². The van der Waals surface area contributed by atoms with Crippen LogP contribution in [0.25, 0.3) is 0 Å². The third kappa shape index (κ3) is 2.34. The lowest BCUT2D eigenvalue weighted by molar-refractivity contribution is -0.150. The van der Waals surface area contributed by atoms with E-state index in [1.807, 2.05) is 6.07 Å². The Bertz CT molecular complexity index is 513. The number of carboxylic acid groups (broad SMARTS) is 1. The molecule has 0 aliphatic heterocycles. The van der Waals surface area contributed by atoms with Gasteiger partial charge in [-0.3, -0.25) is 4.79 Å². The van der Waals surface area contributed by atoms with Crippen molar-refractivity contribution >= 4 is 5.97 Å². The van der Waals surface area contributed by atoms with Crippen LogP contribution in [-0.2, 0) is 4.79 Å². The quantitative estimate of drug-likeness (QED) is 0.867. The van der Waals surface area contributed by atoms with E-state index in [1.54, 1.807) is 18.2 Å². The molecular formula is C15H18N2O2. The zero-order valence-corrected chi connectivity index (χ0v) is 10.8. The van der Waals surface area contributed by atoms with E-state index in [0.29, 0.717) is 24.9 Å². The predicted molar refractivity (Wildman–Crippen MR) is 71.5 cm³/mol. The van der Waals surface area contributed by atoms with Gasteiger partial charge in [0.25, 0.3) is 0 Å². The minimum Gasteiger partial charge on any atom is -0.481 e. The number of hydrogen-bond acceptors (Lipinski definition) is 3. The van der Waals surface area contributed by atoms with Crippen molar-refractivity contribution in [3.05, 3.63) is 35.4 Å². The molecule has 0 heterocycles. The highest BCUT2D eigenvalue weighted by Gasteiger charge is 2.47. The van der Waals surface area contributed by atoms with Crippen molar-refractivity contribution in [3.8, 4) is 6.07 Å². The van der Waals surface area contributed by atoms with Crippen LogP contribution in [0.15, 0.2) is 24.3 Å². The second kappa shape index (κ2) is 5.41. The van der Waals surface area contributed by atoms with Gasteiger partial charge in [0.05, 0.1) is 17.0 Å². The van der Waals surface area contributed by atoms with E-state index < -0.39 is 11.4 Å². The van der Waals surface area contributed by atoms with Gasteiger partial charge in [-0.2, -0.15) is 5.26 Å². The normalized spacial score (nSPS) is 18.7. The van der Waals surface area contributed by atoms with E-state index in [0.717, 1.165) is 18.4 Å². The molecule has 100 valence electrons. The lowest BCUT2D eigenvalue weighted by atomic mass is 9.70.